The van der Waals surface area contributed by atoms with Crippen LogP contribution in [-0.4, -0.2) is 75.6 Å². The summed E-state index contributed by atoms with van der Waals surface area (Å²) in [6.07, 6.45) is 17.4. The zero-order valence-corrected chi connectivity index (χ0v) is 37.0. The number of Topliss-reactive ketones (excluding diaryl/α,β-unsaturated/α-hetero) is 1. The number of carboxylic acids is 1. The Labute approximate surface area is 375 Å². The van der Waals surface area contributed by atoms with E-state index < -0.39 is 5.97 Å². The molecular formula is C45H52ClN15O3. The Morgan fingerprint density at radius 1 is 0.656 bits per heavy atom. The molecule has 2 aliphatic rings. The molecule has 8 heterocycles. The van der Waals surface area contributed by atoms with Gasteiger partial charge >= 0.3 is 5.97 Å². The SMILES string of the molecule is Cc1cc(N)nc(C)c1CCC(=O)c1cn(Cc2cn3cc(C4CC4)ccc3n2)nn1.Cc1cc(N)nc(C)c1CN.Cl.O=C(O)c1cn(Cc2cn3cc(C4CC4)ccc3n2)nn1. The van der Waals surface area contributed by atoms with Crippen LogP contribution >= 0.6 is 12.4 Å². The molecule has 19 heteroatoms. The molecule has 0 aliphatic heterocycles. The van der Waals surface area contributed by atoms with Gasteiger partial charge in [-0.05, 0) is 129 Å². The van der Waals surface area contributed by atoms with Gasteiger partial charge in [0.15, 0.2) is 11.5 Å². The maximum atomic E-state index is 12.6. The van der Waals surface area contributed by atoms with Crippen LogP contribution in [-0.2, 0) is 26.1 Å². The van der Waals surface area contributed by atoms with Crippen molar-refractivity contribution in [3.05, 3.63) is 141 Å². The van der Waals surface area contributed by atoms with E-state index >= 15 is 0 Å². The molecule has 64 heavy (non-hydrogen) atoms. The number of fused-ring (bicyclic) bond motifs is 2. The van der Waals surface area contributed by atoms with E-state index in [4.69, 9.17) is 22.3 Å². The number of anilines is 2. The van der Waals surface area contributed by atoms with Crippen LogP contribution in [0.15, 0.2) is 73.6 Å². The van der Waals surface area contributed by atoms with Gasteiger partial charge in [-0.2, -0.15) is 0 Å². The lowest BCUT2D eigenvalue weighted by molar-refractivity contribution is 0.0690. The Balaban J connectivity index is 0.000000160. The van der Waals surface area contributed by atoms with Crippen LogP contribution in [0.2, 0.25) is 0 Å². The third-order valence-electron chi connectivity index (χ3n) is 11.3. The van der Waals surface area contributed by atoms with Crippen LogP contribution < -0.4 is 17.2 Å². The minimum atomic E-state index is -1.08. The Hall–Kier alpha value is -7.05. The fourth-order valence-electron chi connectivity index (χ4n) is 7.73. The summed E-state index contributed by atoms with van der Waals surface area (Å²) in [7, 11) is 0. The van der Waals surface area contributed by atoms with Gasteiger partial charge in [-0.15, -0.1) is 22.6 Å². The predicted molar refractivity (Wildman–Crippen MR) is 244 cm³/mol. The summed E-state index contributed by atoms with van der Waals surface area (Å²) >= 11 is 0. The van der Waals surface area contributed by atoms with Crippen LogP contribution in [0, 0.1) is 27.7 Å². The average Bonchev–Trinajstić information content (AvgIpc) is 4.07. The second-order valence-corrected chi connectivity index (χ2v) is 16.4. The highest BCUT2D eigenvalue weighted by Gasteiger charge is 2.25. The van der Waals surface area contributed by atoms with Crippen LogP contribution in [0.1, 0.15) is 121 Å². The Bertz CT molecular complexity index is 2910. The molecule has 2 fully saturated rings. The number of halogens is 1. The van der Waals surface area contributed by atoms with Crippen LogP contribution in [0.3, 0.4) is 0 Å². The number of aryl methyl sites for hydroxylation is 4. The van der Waals surface area contributed by atoms with Gasteiger partial charge in [0.1, 0.15) is 28.6 Å². The molecule has 7 N–H and O–H groups in total. The number of hydrogen-bond acceptors (Lipinski definition) is 13. The molecule has 8 aromatic heterocycles. The van der Waals surface area contributed by atoms with E-state index in [0.29, 0.717) is 61.6 Å². The van der Waals surface area contributed by atoms with Crippen molar-refractivity contribution < 1.29 is 14.7 Å². The van der Waals surface area contributed by atoms with E-state index in [9.17, 15) is 9.59 Å². The summed E-state index contributed by atoms with van der Waals surface area (Å²) in [6.45, 7) is 9.23. The van der Waals surface area contributed by atoms with Gasteiger partial charge in [-0.25, -0.2) is 34.1 Å². The summed E-state index contributed by atoms with van der Waals surface area (Å²) in [6, 6.07) is 12.0. The molecule has 0 spiro atoms. The molecular weight excluding hydrogens is 834 g/mol. The first kappa shape index (κ1) is 45.0. The fraction of sp³-hybridized carbons (Fsp3) is 0.333. The second-order valence-electron chi connectivity index (χ2n) is 16.4. The zero-order valence-electron chi connectivity index (χ0n) is 36.2. The number of pyridine rings is 4. The normalized spacial score (nSPS) is 13.2. The predicted octanol–water partition coefficient (Wildman–Crippen LogP) is 5.97. The van der Waals surface area contributed by atoms with Crippen LogP contribution in [0.25, 0.3) is 11.3 Å². The first-order valence-electron chi connectivity index (χ1n) is 21.0. The molecule has 0 aromatic carbocycles. The zero-order chi connectivity index (χ0) is 44.4. The number of nitrogens with zero attached hydrogens (tertiary/aromatic N) is 12. The van der Waals surface area contributed by atoms with E-state index in [2.05, 4.69) is 75.6 Å². The molecule has 0 bridgehead atoms. The van der Waals surface area contributed by atoms with Gasteiger partial charge in [-0.3, -0.25) is 4.79 Å². The summed E-state index contributed by atoms with van der Waals surface area (Å²) in [5.41, 5.74) is 29.5. The Morgan fingerprint density at radius 2 is 1.12 bits per heavy atom. The van der Waals surface area contributed by atoms with Gasteiger partial charge < -0.3 is 31.1 Å². The van der Waals surface area contributed by atoms with Crippen molar-refractivity contribution in [2.24, 2.45) is 5.73 Å². The van der Waals surface area contributed by atoms with E-state index in [0.717, 1.165) is 56.3 Å². The van der Waals surface area contributed by atoms with Crippen molar-refractivity contribution in [2.45, 2.75) is 97.7 Å². The number of carboxylic acid groups (broad SMARTS) is 1. The number of nitrogen functional groups attached to an aromatic ring is 2. The maximum absolute atomic E-state index is 12.6. The van der Waals surface area contributed by atoms with Crippen molar-refractivity contribution in [1.82, 2.24) is 58.7 Å². The maximum Gasteiger partial charge on any atom is 0.358 e. The lowest BCUT2D eigenvalue weighted by Gasteiger charge is -2.09. The lowest BCUT2D eigenvalue weighted by Crippen LogP contribution is -2.06. The van der Waals surface area contributed by atoms with Gasteiger partial charge in [0.05, 0.1) is 36.9 Å². The van der Waals surface area contributed by atoms with Crippen molar-refractivity contribution in [3.63, 3.8) is 0 Å². The highest BCUT2D eigenvalue weighted by Crippen LogP contribution is 2.40. The molecule has 0 atom stereocenters. The number of aromatic carboxylic acids is 1. The number of ketones is 1. The fourth-order valence-corrected chi connectivity index (χ4v) is 7.73. The van der Waals surface area contributed by atoms with E-state index in [-0.39, 0.29) is 23.9 Å². The summed E-state index contributed by atoms with van der Waals surface area (Å²) in [5.74, 6) is 1.36. The summed E-state index contributed by atoms with van der Waals surface area (Å²) in [4.78, 5) is 41.0. The Kier molecular flexibility index (Phi) is 13.5. The molecule has 18 nitrogen and oxygen atoms in total. The molecule has 0 radical (unpaired) electrons. The van der Waals surface area contributed by atoms with Crippen LogP contribution in [0.4, 0.5) is 11.6 Å². The molecule has 0 unspecified atom stereocenters. The highest BCUT2D eigenvalue weighted by molar-refractivity contribution is 5.94. The minimum absolute atomic E-state index is 0. The number of carbonyl (C=O) groups excluding carboxylic acids is 1. The second kappa shape index (κ2) is 19.1. The lowest BCUT2D eigenvalue weighted by atomic mass is 10.0. The van der Waals surface area contributed by atoms with Crippen molar-refractivity contribution in [1.29, 1.82) is 0 Å². The topological polar surface area (TPSA) is 254 Å². The van der Waals surface area contributed by atoms with E-state index in [1.54, 1.807) is 10.9 Å². The van der Waals surface area contributed by atoms with Gasteiger partial charge in [0.25, 0.3) is 0 Å². The van der Waals surface area contributed by atoms with Crippen molar-refractivity contribution in [2.75, 3.05) is 11.5 Å². The van der Waals surface area contributed by atoms with Gasteiger partial charge in [-0.1, -0.05) is 22.6 Å². The number of nitrogens with two attached hydrogens (primary N) is 3. The average molecular weight is 886 g/mol. The monoisotopic (exact) mass is 885 g/mol. The van der Waals surface area contributed by atoms with Crippen molar-refractivity contribution >= 4 is 47.1 Å². The molecule has 0 amide bonds. The van der Waals surface area contributed by atoms with Crippen molar-refractivity contribution in [3.8, 4) is 0 Å². The first-order chi connectivity index (χ1) is 30.3. The Morgan fingerprint density at radius 3 is 1.56 bits per heavy atom. The molecule has 10 rings (SSSR count). The van der Waals surface area contributed by atoms with Crippen LogP contribution in [0.5, 0.6) is 0 Å². The third kappa shape index (κ3) is 10.8. The third-order valence-corrected chi connectivity index (χ3v) is 11.3. The quantitative estimate of drug-likeness (QED) is 0.103. The number of imidazole rings is 2. The molecule has 2 aliphatic carbocycles. The van der Waals surface area contributed by atoms with E-state index in [1.807, 2.05) is 62.7 Å². The minimum Gasteiger partial charge on any atom is -0.476 e. The van der Waals surface area contributed by atoms with Gasteiger partial charge in [0, 0.05) is 49.1 Å². The number of rotatable bonds is 12. The number of carbonyl (C=O) groups is 2. The number of aromatic nitrogens is 12. The molecule has 2 saturated carbocycles. The van der Waals surface area contributed by atoms with E-state index in [1.165, 1.54) is 47.7 Å². The highest BCUT2D eigenvalue weighted by atomic mass is 35.5. The smallest absolute Gasteiger partial charge is 0.358 e. The number of hydrogen-bond donors (Lipinski definition) is 4. The standard InChI is InChI=1S/C23H25N7O.C14H13N5O2.C8H13N3.ClH/c1-14-9-22(24)25-15(2)19(14)6-7-21(31)20-13-30(28-27-20)12-18-11-29-10-17(16-3-4-16)5-8-23(29)26-18;20-14(21)12-8-19(17-16-12)7-11-6-18-5-10(9-1-2-9)3-4-13(18)15-11;1-5-3-8(10)11-6(2)7(5)4-9;/h5,8-11,13,16H,3-4,6-7,12H2,1-2H3,(H2,24,25);3-6,8-9H,1-2,7H2,(H,20,21);3H,4,9H2,1-2H3,(H2,10,11);1H. The molecule has 8 aromatic rings. The first-order valence-corrected chi connectivity index (χ1v) is 21.0. The summed E-state index contributed by atoms with van der Waals surface area (Å²) in [5, 5.41) is 24.4. The molecule has 332 valence electrons. The summed E-state index contributed by atoms with van der Waals surface area (Å²) < 4.78 is 7.22. The van der Waals surface area contributed by atoms with Gasteiger partial charge in [0.2, 0.25) is 0 Å². The molecule has 0 saturated heterocycles. The largest absolute Gasteiger partial charge is 0.476 e.